The molecule has 0 aliphatic rings. The zero-order chi connectivity index (χ0) is 8.15. The summed E-state index contributed by atoms with van der Waals surface area (Å²) in [6, 6.07) is 0.0238. The SMILES string of the molecule is CC(CCl)N(C)CC(F)F. The van der Waals surface area contributed by atoms with E-state index in [0.717, 1.165) is 0 Å². The Morgan fingerprint density at radius 1 is 1.50 bits per heavy atom. The topological polar surface area (TPSA) is 3.24 Å². The number of hydrogen-bond acceptors (Lipinski definition) is 1. The van der Waals surface area contributed by atoms with E-state index in [4.69, 9.17) is 11.6 Å². The van der Waals surface area contributed by atoms with Crippen LogP contribution < -0.4 is 0 Å². The molecule has 0 aromatic rings. The molecule has 0 aromatic carbocycles. The summed E-state index contributed by atoms with van der Waals surface area (Å²) in [4.78, 5) is 1.54. The van der Waals surface area contributed by atoms with Crippen LogP contribution in [0.3, 0.4) is 0 Å². The maximum atomic E-state index is 11.7. The molecule has 0 N–H and O–H groups in total. The van der Waals surface area contributed by atoms with Gasteiger partial charge in [0.2, 0.25) is 0 Å². The molecule has 0 spiro atoms. The first-order chi connectivity index (χ1) is 4.57. The van der Waals surface area contributed by atoms with Crippen LogP contribution in [-0.2, 0) is 0 Å². The van der Waals surface area contributed by atoms with Gasteiger partial charge >= 0.3 is 0 Å². The van der Waals surface area contributed by atoms with Crippen molar-refractivity contribution in [2.45, 2.75) is 19.4 Å². The second-order valence-corrected chi connectivity index (χ2v) is 2.64. The Morgan fingerprint density at radius 3 is 2.30 bits per heavy atom. The third-order valence-electron chi connectivity index (χ3n) is 1.40. The Labute approximate surface area is 65.0 Å². The molecule has 0 fully saturated rings. The number of nitrogens with zero attached hydrogens (tertiary/aromatic N) is 1. The van der Waals surface area contributed by atoms with Gasteiger partial charge in [-0.2, -0.15) is 0 Å². The van der Waals surface area contributed by atoms with Crippen molar-refractivity contribution in [3.63, 3.8) is 0 Å². The summed E-state index contributed by atoms with van der Waals surface area (Å²) < 4.78 is 23.4. The van der Waals surface area contributed by atoms with Gasteiger partial charge in [0.25, 0.3) is 6.43 Å². The Kier molecular flexibility index (Phi) is 4.91. The van der Waals surface area contributed by atoms with E-state index in [-0.39, 0.29) is 12.6 Å². The Morgan fingerprint density at radius 2 is 2.00 bits per heavy atom. The van der Waals surface area contributed by atoms with E-state index in [1.165, 1.54) is 4.90 Å². The highest BCUT2D eigenvalue weighted by Crippen LogP contribution is 2.01. The molecule has 1 atom stereocenters. The fraction of sp³-hybridized carbons (Fsp3) is 1.00. The third kappa shape index (κ3) is 4.01. The number of halogens is 3. The van der Waals surface area contributed by atoms with Crippen LogP contribution in [0.5, 0.6) is 0 Å². The predicted molar refractivity (Wildman–Crippen MR) is 38.8 cm³/mol. The lowest BCUT2D eigenvalue weighted by Gasteiger charge is -2.21. The summed E-state index contributed by atoms with van der Waals surface area (Å²) in [7, 11) is 1.64. The molecule has 0 radical (unpaired) electrons. The normalized spacial score (nSPS) is 14.7. The minimum atomic E-state index is -2.27. The molecule has 0 bridgehead atoms. The van der Waals surface area contributed by atoms with Gasteiger partial charge in [-0.25, -0.2) is 8.78 Å². The summed E-state index contributed by atoms with van der Waals surface area (Å²) >= 11 is 5.44. The third-order valence-corrected chi connectivity index (χ3v) is 1.85. The monoisotopic (exact) mass is 171 g/mol. The second-order valence-electron chi connectivity index (χ2n) is 2.33. The molecule has 0 saturated heterocycles. The van der Waals surface area contributed by atoms with Crippen molar-refractivity contribution < 1.29 is 8.78 Å². The number of alkyl halides is 3. The van der Waals surface area contributed by atoms with Gasteiger partial charge in [0.15, 0.2) is 0 Å². The Hall–Kier alpha value is 0.110. The van der Waals surface area contributed by atoms with Crippen molar-refractivity contribution in [1.82, 2.24) is 4.90 Å². The van der Waals surface area contributed by atoms with Gasteiger partial charge in [-0.3, -0.25) is 4.90 Å². The summed E-state index contributed by atoms with van der Waals surface area (Å²) in [6.45, 7) is 1.61. The van der Waals surface area contributed by atoms with Gasteiger partial charge in [0.05, 0.1) is 6.54 Å². The maximum absolute atomic E-state index is 11.7. The van der Waals surface area contributed by atoms with Crippen molar-refractivity contribution >= 4 is 11.6 Å². The summed E-state index contributed by atoms with van der Waals surface area (Å²) in [5.41, 5.74) is 0. The van der Waals surface area contributed by atoms with Crippen LogP contribution in [-0.4, -0.2) is 36.8 Å². The first-order valence-electron chi connectivity index (χ1n) is 3.12. The summed E-state index contributed by atoms with van der Waals surface area (Å²) in [5.74, 6) is 0.392. The fourth-order valence-corrected chi connectivity index (χ4v) is 0.751. The van der Waals surface area contributed by atoms with Gasteiger partial charge in [-0.15, -0.1) is 11.6 Å². The van der Waals surface area contributed by atoms with E-state index < -0.39 is 6.43 Å². The van der Waals surface area contributed by atoms with Gasteiger partial charge < -0.3 is 0 Å². The molecule has 10 heavy (non-hydrogen) atoms. The molecular weight excluding hydrogens is 160 g/mol. The van der Waals surface area contributed by atoms with Crippen LogP contribution in [0.15, 0.2) is 0 Å². The van der Waals surface area contributed by atoms with Gasteiger partial charge in [-0.05, 0) is 14.0 Å². The molecule has 0 aliphatic carbocycles. The highest BCUT2D eigenvalue weighted by Gasteiger charge is 2.12. The number of rotatable bonds is 4. The molecule has 0 heterocycles. The van der Waals surface area contributed by atoms with E-state index in [1.807, 2.05) is 6.92 Å². The van der Waals surface area contributed by atoms with E-state index in [9.17, 15) is 8.78 Å². The van der Waals surface area contributed by atoms with E-state index in [0.29, 0.717) is 5.88 Å². The molecular formula is C6H12ClF2N. The molecule has 0 aromatic heterocycles. The molecule has 0 aliphatic heterocycles. The zero-order valence-electron chi connectivity index (χ0n) is 6.15. The summed E-state index contributed by atoms with van der Waals surface area (Å²) in [6.07, 6.45) is -2.27. The molecule has 0 rings (SSSR count). The van der Waals surface area contributed by atoms with Gasteiger partial charge in [0.1, 0.15) is 0 Å². The highest BCUT2D eigenvalue weighted by molar-refractivity contribution is 6.18. The van der Waals surface area contributed by atoms with Crippen LogP contribution in [0, 0.1) is 0 Å². The molecule has 1 unspecified atom stereocenters. The van der Waals surface area contributed by atoms with Crippen molar-refractivity contribution in [2.75, 3.05) is 19.5 Å². The molecule has 4 heteroatoms. The lowest BCUT2D eigenvalue weighted by atomic mass is 10.3. The molecule has 62 valence electrons. The molecule has 0 amide bonds. The van der Waals surface area contributed by atoms with Crippen LogP contribution in [0.25, 0.3) is 0 Å². The van der Waals surface area contributed by atoms with Crippen molar-refractivity contribution in [3.05, 3.63) is 0 Å². The minimum absolute atomic E-state index is 0.0238. The first-order valence-corrected chi connectivity index (χ1v) is 3.65. The quantitative estimate of drug-likeness (QED) is 0.584. The highest BCUT2D eigenvalue weighted by atomic mass is 35.5. The van der Waals surface area contributed by atoms with Gasteiger partial charge in [0, 0.05) is 11.9 Å². The fourth-order valence-electron chi connectivity index (χ4n) is 0.515. The largest absolute Gasteiger partial charge is 0.297 e. The molecule has 0 saturated carbocycles. The van der Waals surface area contributed by atoms with E-state index in [2.05, 4.69) is 0 Å². The molecule has 1 nitrogen and oxygen atoms in total. The predicted octanol–water partition coefficient (Wildman–Crippen LogP) is 1.81. The first kappa shape index (κ1) is 10.1. The van der Waals surface area contributed by atoms with Crippen LogP contribution >= 0.6 is 11.6 Å². The van der Waals surface area contributed by atoms with Crippen molar-refractivity contribution in [1.29, 1.82) is 0 Å². The van der Waals surface area contributed by atoms with Crippen LogP contribution in [0.4, 0.5) is 8.78 Å². The Bertz CT molecular complexity index is 89.8. The number of hydrogen-bond donors (Lipinski definition) is 0. The van der Waals surface area contributed by atoms with Crippen LogP contribution in [0.1, 0.15) is 6.92 Å². The average molecular weight is 172 g/mol. The average Bonchev–Trinajstić information content (AvgIpc) is 1.85. The van der Waals surface area contributed by atoms with Gasteiger partial charge in [-0.1, -0.05) is 0 Å². The standard InChI is InChI=1S/C6H12ClF2N/c1-5(3-7)10(2)4-6(8)9/h5-6H,3-4H2,1-2H3. The van der Waals surface area contributed by atoms with E-state index >= 15 is 0 Å². The Balaban J connectivity index is 3.50. The maximum Gasteiger partial charge on any atom is 0.251 e. The zero-order valence-corrected chi connectivity index (χ0v) is 6.91. The lowest BCUT2D eigenvalue weighted by molar-refractivity contribution is 0.0883. The smallest absolute Gasteiger partial charge is 0.251 e. The van der Waals surface area contributed by atoms with Crippen molar-refractivity contribution in [2.24, 2.45) is 0 Å². The minimum Gasteiger partial charge on any atom is -0.297 e. The van der Waals surface area contributed by atoms with Crippen molar-refractivity contribution in [3.8, 4) is 0 Å². The second kappa shape index (κ2) is 4.85. The van der Waals surface area contributed by atoms with Crippen LogP contribution in [0.2, 0.25) is 0 Å². The lowest BCUT2D eigenvalue weighted by Crippen LogP contribution is -2.34. The van der Waals surface area contributed by atoms with E-state index in [1.54, 1.807) is 7.05 Å². The summed E-state index contributed by atoms with van der Waals surface area (Å²) in [5, 5.41) is 0.